The Morgan fingerprint density at radius 3 is 1.49 bits per heavy atom. The number of hydrogen-bond acceptors (Lipinski definition) is 22. The van der Waals surface area contributed by atoms with Crippen LogP contribution in [0.4, 0.5) is 14.7 Å². The first-order valence-electron chi connectivity index (χ1n) is 40.6. The molecule has 6 aliphatic carbocycles. The smallest absolute Gasteiger partial charge is 0.408 e. The van der Waals surface area contributed by atoms with Crippen molar-refractivity contribution in [2.75, 3.05) is 45.1 Å². The summed E-state index contributed by atoms with van der Waals surface area (Å²) >= 11 is 9.44. The number of nitrogens with one attached hydrogen (secondary N) is 6. The summed E-state index contributed by atoms with van der Waals surface area (Å²) < 4.78 is 40.8. The molecule has 9 N–H and O–H groups in total. The highest BCUT2D eigenvalue weighted by atomic mass is 79.9. The zero-order valence-corrected chi connectivity index (χ0v) is 72.0. The highest BCUT2D eigenvalue weighted by molar-refractivity contribution is 9.09. The number of hydrogen-bond donors (Lipinski definition) is 8. The van der Waals surface area contributed by atoms with E-state index in [0.717, 1.165) is 80.5 Å². The number of thiazole rings is 1. The molecule has 29 nitrogen and oxygen atoms in total. The van der Waals surface area contributed by atoms with E-state index < -0.39 is 112 Å². The summed E-state index contributed by atoms with van der Waals surface area (Å²) in [4.78, 5) is 139. The molecule has 117 heavy (non-hydrogen) atoms. The molecule has 0 unspecified atom stereocenters. The second kappa shape index (κ2) is 37.7. The van der Waals surface area contributed by atoms with Gasteiger partial charge in [-0.3, -0.25) is 24.0 Å². The number of aryl methyl sites for hydroxylation is 2. The summed E-state index contributed by atoms with van der Waals surface area (Å²) in [6, 6.07) is 7.43. The van der Waals surface area contributed by atoms with E-state index in [-0.39, 0.29) is 67.3 Å². The number of methoxy groups -OCH3 is 3. The molecule has 0 bridgehead atoms. The number of amides is 6. The summed E-state index contributed by atoms with van der Waals surface area (Å²) in [5.41, 5.74) is 5.15. The molecule has 0 spiro atoms. The number of Topliss-reactive ketones (excluding diaryl/α,β-unsaturated/α-hetero) is 1. The van der Waals surface area contributed by atoms with Gasteiger partial charge in [-0.2, -0.15) is 0 Å². The molecule has 2 aromatic carbocycles. The predicted octanol–water partition coefficient (Wildman–Crippen LogP) is 12.2. The number of ketones is 1. The Kier molecular flexibility index (Phi) is 28.5. The standard InChI is InChI=1S/C42H54N6O8S.C37H47BrN4O9.C6H12N2S/c1-7-24-20-42(24,38(51)52)47-36(49)32-17-27(21-48(32)37(50)35(41(3,4)5)46-40(53)56-26-14-10-11-15-26)55-34-19-30(44-29-18-33(54-6)23(2)16-28(29)34)31-22-57-39(45-31)43-25-12-8-9-13-25;1-8-21-17-37(21,34(46)49-7)41-32(44)27-14-23(19-42(27)33(45)31(36(3,4)5)40-35(47)51-22-11-9-10-12-22)50-30-16-26(28(43)18-38)39-25-15-29(48-6)20(2)13-24(25)30;7-6(9)8-5-3-1-2-4-5/h7,16,18-19,22,24-27,32,35H,1,8-15,17,20-21H2,2-6H3,(H,43,45)(H,46,53)(H,47,49)(H,51,52);8,13,15-16,21-23,27,31H,1,9-12,14,17-19H2,2-7H3,(H,40,47)(H,41,44);5H,1-4H2,(H3,7,8,9)/t24-,27-,32+,35-,42-;21-,23-,27+,31-,37-;/m11./s1. The normalized spacial score (nSPS) is 23.7. The number of aromatic nitrogens is 3. The van der Waals surface area contributed by atoms with Crippen molar-refractivity contribution in [3.05, 3.63) is 83.9 Å². The highest BCUT2D eigenvalue weighted by Gasteiger charge is 2.63. The third kappa shape index (κ3) is 21.0. The predicted molar refractivity (Wildman–Crippen MR) is 451 cm³/mol. The lowest BCUT2D eigenvalue weighted by atomic mass is 9.85. The maximum atomic E-state index is 14.7. The average molecular weight is 1720 g/mol. The fourth-order valence-corrected chi connectivity index (χ4v) is 18.0. The van der Waals surface area contributed by atoms with Gasteiger partial charge >= 0.3 is 24.1 Å². The van der Waals surface area contributed by atoms with Gasteiger partial charge in [0.2, 0.25) is 23.6 Å². The fourth-order valence-electron chi connectivity index (χ4n) is 16.8. The van der Waals surface area contributed by atoms with E-state index in [1.165, 1.54) is 72.8 Å². The molecule has 0 radical (unpaired) electrons. The maximum Gasteiger partial charge on any atom is 0.408 e. The van der Waals surface area contributed by atoms with Gasteiger partial charge in [-0.25, -0.2) is 34.1 Å². The molecule has 634 valence electrons. The number of halogens is 1. The van der Waals surface area contributed by atoms with Crippen molar-refractivity contribution in [3.63, 3.8) is 0 Å². The van der Waals surface area contributed by atoms with Crippen molar-refractivity contribution in [1.82, 2.24) is 51.3 Å². The first kappa shape index (κ1) is 88.4. The molecule has 13 rings (SSSR count). The van der Waals surface area contributed by atoms with Gasteiger partial charge in [0.1, 0.15) is 94.0 Å². The zero-order valence-electron chi connectivity index (χ0n) is 68.8. The summed E-state index contributed by atoms with van der Waals surface area (Å²) in [6.45, 7) is 22.2. The molecule has 8 fully saturated rings. The van der Waals surface area contributed by atoms with E-state index in [2.05, 4.69) is 66.0 Å². The number of ether oxygens (including phenoxy) is 7. The number of pyridine rings is 2. The number of benzene rings is 2. The SMILES string of the molecule is C=C[C@@H]1C[C@]1(NC(=O)[C@@H]1C[C@@H](Oc2cc(-c3csc(NC4CCCC4)n3)nc3cc(OC)c(C)cc23)CN1C(=O)[C@@H](NC(=O)OC1CCCC1)C(C)(C)C)C(=O)O.C=C[C@@H]1C[C@]1(NC(=O)[C@@H]1C[C@@H](Oc2cc(C(=O)CBr)nc3cc(OC)c(C)cc23)CN1C(=O)[C@@H](NC(=O)OC1CCCC1)C(C)(C)C)C(=O)OC.NC(=S)NC1CCCC1. The van der Waals surface area contributed by atoms with Crippen LogP contribution in [0.25, 0.3) is 33.2 Å². The molecule has 8 aliphatic rings. The monoisotopic (exact) mass is 1720 g/mol. The van der Waals surface area contributed by atoms with Gasteiger partial charge in [0.05, 0.1) is 56.5 Å². The van der Waals surface area contributed by atoms with Crippen molar-refractivity contribution in [2.45, 2.75) is 256 Å². The molecule has 2 aliphatic heterocycles. The van der Waals surface area contributed by atoms with Crippen LogP contribution in [0.1, 0.15) is 192 Å². The van der Waals surface area contributed by atoms with Gasteiger partial charge in [-0.1, -0.05) is 95.3 Å². The number of fused-ring (bicyclic) bond motifs is 2. The molecule has 5 heterocycles. The molecular weight excluding hydrogens is 1610 g/mol. The first-order chi connectivity index (χ1) is 55.6. The van der Waals surface area contributed by atoms with Crippen LogP contribution in [-0.4, -0.2) is 200 Å². The quantitative estimate of drug-likeness (QED) is 0.00636. The maximum absolute atomic E-state index is 14.7. The largest absolute Gasteiger partial charge is 0.496 e. The minimum Gasteiger partial charge on any atom is -0.496 e. The first-order valence-corrected chi connectivity index (χ1v) is 43.0. The zero-order chi connectivity index (χ0) is 84.6. The Balaban J connectivity index is 0.000000208. The Hall–Kier alpha value is -9.43. The molecule has 6 amide bonds. The Morgan fingerprint density at radius 1 is 0.615 bits per heavy atom. The van der Waals surface area contributed by atoms with Crippen LogP contribution >= 0.6 is 39.5 Å². The van der Waals surface area contributed by atoms with E-state index in [4.69, 9.17) is 61.1 Å². The number of carbonyl (C=O) groups excluding carboxylic acids is 8. The summed E-state index contributed by atoms with van der Waals surface area (Å²) in [7, 11) is 4.40. The number of aliphatic carboxylic acids is 1. The van der Waals surface area contributed by atoms with Gasteiger partial charge in [-0.15, -0.1) is 24.5 Å². The van der Waals surface area contributed by atoms with Crippen molar-refractivity contribution in [2.24, 2.45) is 28.4 Å². The second-order valence-electron chi connectivity index (χ2n) is 34.2. The molecule has 3 aromatic heterocycles. The molecule has 5 aromatic rings. The molecule has 6 saturated carbocycles. The number of thiocarbonyl (C=S) groups is 1. The van der Waals surface area contributed by atoms with E-state index >= 15 is 0 Å². The minimum absolute atomic E-state index is 0.00570. The van der Waals surface area contributed by atoms with Crippen LogP contribution in [0.15, 0.2) is 67.1 Å². The van der Waals surface area contributed by atoms with Gasteiger partial charge in [0.15, 0.2) is 16.0 Å². The topological polar surface area (TPSA) is 382 Å². The Morgan fingerprint density at radius 2 is 1.06 bits per heavy atom. The number of rotatable bonds is 26. The fraction of sp³-hybridized carbons (Fsp3) is 0.588. The van der Waals surface area contributed by atoms with Crippen LogP contribution in [0.2, 0.25) is 0 Å². The van der Waals surface area contributed by atoms with Crippen molar-refractivity contribution in [1.29, 1.82) is 0 Å². The van der Waals surface area contributed by atoms with E-state index in [9.17, 15) is 48.3 Å². The van der Waals surface area contributed by atoms with Crippen LogP contribution in [0.3, 0.4) is 0 Å². The number of carboxylic acids is 1. The number of nitrogens with two attached hydrogens (primary N) is 1. The van der Waals surface area contributed by atoms with Crippen LogP contribution in [0, 0.1) is 36.5 Å². The van der Waals surface area contributed by atoms with Crippen LogP contribution < -0.4 is 56.6 Å². The number of alkyl halides is 1. The molecule has 2 saturated heterocycles. The second-order valence-corrected chi connectivity index (χ2v) is 36.0. The lowest BCUT2D eigenvalue weighted by molar-refractivity contribution is -0.148. The van der Waals surface area contributed by atoms with Crippen LogP contribution in [-0.2, 0) is 43.0 Å². The van der Waals surface area contributed by atoms with Gasteiger partial charge in [-0.05, 0) is 150 Å². The number of nitrogens with zero attached hydrogens (tertiary/aromatic N) is 5. The Bertz CT molecular complexity index is 4570. The van der Waals surface area contributed by atoms with E-state index in [1.54, 1.807) is 32.4 Å². The highest BCUT2D eigenvalue weighted by Crippen LogP contribution is 2.48. The third-order valence-corrected chi connectivity index (χ3v) is 24.9. The number of alkyl carbamates (subject to hydrolysis) is 2. The summed E-state index contributed by atoms with van der Waals surface area (Å²) in [5, 5.41) is 32.5. The molecule has 32 heteroatoms. The van der Waals surface area contributed by atoms with Crippen molar-refractivity contribution in [3.8, 4) is 34.4 Å². The van der Waals surface area contributed by atoms with Crippen LogP contribution in [0.5, 0.6) is 23.0 Å². The van der Waals surface area contributed by atoms with Gasteiger partial charge in [0.25, 0.3) is 0 Å². The van der Waals surface area contributed by atoms with Crippen molar-refractivity contribution < 1.29 is 81.4 Å². The number of likely N-dealkylation sites (tertiary alicyclic amines) is 2. The van der Waals surface area contributed by atoms with E-state index in [0.29, 0.717) is 79.8 Å². The average Bonchev–Trinajstić information content (AvgIpc) is 1.57. The van der Waals surface area contributed by atoms with Gasteiger partial charge < -0.3 is 85.7 Å². The van der Waals surface area contributed by atoms with Crippen molar-refractivity contribution >= 4 is 125 Å². The Labute approximate surface area is 701 Å². The van der Waals surface area contributed by atoms with E-state index in [1.807, 2.05) is 85.0 Å². The summed E-state index contributed by atoms with van der Waals surface area (Å²) in [5.74, 6) is -2.94. The van der Waals surface area contributed by atoms with Gasteiger partial charge in [0, 0.05) is 77.2 Å². The number of esters is 1. The molecule has 10 atom stereocenters. The number of carboxylic acid groups (broad SMARTS) is 1. The minimum atomic E-state index is -1.51. The third-order valence-electron chi connectivity index (χ3n) is 23.5. The lowest BCUT2D eigenvalue weighted by Gasteiger charge is -2.35. The lowest BCUT2D eigenvalue weighted by Crippen LogP contribution is -2.59. The number of carbonyl (C=O) groups is 9. The molecular formula is C85H113BrN12O17S2. The number of anilines is 1. The summed E-state index contributed by atoms with van der Waals surface area (Å²) in [6.07, 6.45) is 17.2.